The molecule has 10 heteroatoms. The number of nitrogens with zero attached hydrogens (tertiary/aromatic N) is 2. The highest BCUT2D eigenvalue weighted by Gasteiger charge is 2.23. The van der Waals surface area contributed by atoms with E-state index in [1.807, 2.05) is 12.1 Å². The van der Waals surface area contributed by atoms with E-state index in [-0.39, 0.29) is 4.90 Å². The highest BCUT2D eigenvalue weighted by molar-refractivity contribution is 8.14. The normalized spacial score (nSPS) is 15.4. The molecule has 0 bridgehead atoms. The van der Waals surface area contributed by atoms with Crippen LogP contribution in [0.15, 0.2) is 69.7 Å². The van der Waals surface area contributed by atoms with Gasteiger partial charge in [-0.3, -0.25) is 4.79 Å². The van der Waals surface area contributed by atoms with Crippen LogP contribution in [0.25, 0.3) is 0 Å². The zero-order chi connectivity index (χ0) is 20.1. The summed E-state index contributed by atoms with van der Waals surface area (Å²) in [4.78, 5) is 12.4. The summed E-state index contributed by atoms with van der Waals surface area (Å²) in [6.45, 7) is 1.46. The summed E-state index contributed by atoms with van der Waals surface area (Å²) in [6, 6.07) is 14.1. The minimum atomic E-state index is -3.79. The second kappa shape index (κ2) is 8.87. The van der Waals surface area contributed by atoms with Gasteiger partial charge < -0.3 is 5.32 Å². The lowest BCUT2D eigenvalue weighted by Gasteiger charge is -2.16. The van der Waals surface area contributed by atoms with Crippen molar-refractivity contribution in [2.75, 3.05) is 5.75 Å². The van der Waals surface area contributed by atoms with Crippen LogP contribution in [-0.4, -0.2) is 37.0 Å². The Labute approximate surface area is 172 Å². The fourth-order valence-corrected chi connectivity index (χ4v) is 4.43. The highest BCUT2D eigenvalue weighted by atomic mass is 35.5. The molecule has 7 nitrogen and oxygen atoms in total. The Bertz CT molecular complexity index is 1020. The molecular formula is C18H17ClN4O3S2. The van der Waals surface area contributed by atoms with Crippen LogP contribution in [0.2, 0.25) is 5.02 Å². The summed E-state index contributed by atoms with van der Waals surface area (Å²) in [5.74, 6) is 0.00103. The van der Waals surface area contributed by atoms with E-state index < -0.39 is 22.0 Å². The molecule has 3 rings (SSSR count). The summed E-state index contributed by atoms with van der Waals surface area (Å²) >= 11 is 7.18. The van der Waals surface area contributed by atoms with Crippen molar-refractivity contribution in [3.8, 4) is 0 Å². The monoisotopic (exact) mass is 436 g/mol. The minimum Gasteiger partial charge on any atom is -0.302 e. The molecule has 1 heterocycles. The molecule has 0 radical (unpaired) electrons. The number of benzene rings is 2. The van der Waals surface area contributed by atoms with E-state index >= 15 is 0 Å². The maximum atomic E-state index is 12.3. The predicted molar refractivity (Wildman–Crippen MR) is 112 cm³/mol. The molecule has 2 aromatic carbocycles. The number of amidine groups is 1. The molecule has 1 aliphatic rings. The number of carbonyl (C=O) groups excluding carboxylic acids is 1. The van der Waals surface area contributed by atoms with Gasteiger partial charge in [-0.1, -0.05) is 53.7 Å². The summed E-state index contributed by atoms with van der Waals surface area (Å²) in [6.07, 6.45) is 0. The van der Waals surface area contributed by atoms with Crippen LogP contribution in [-0.2, 0) is 14.8 Å². The molecule has 0 aromatic heterocycles. The maximum absolute atomic E-state index is 12.3. The minimum absolute atomic E-state index is 0.0937. The third-order valence-electron chi connectivity index (χ3n) is 3.79. The lowest BCUT2D eigenvalue weighted by Crippen LogP contribution is -2.46. The van der Waals surface area contributed by atoms with Crippen LogP contribution >= 0.6 is 23.4 Å². The Kier molecular flexibility index (Phi) is 6.50. The second-order valence-corrected chi connectivity index (χ2v) is 9.01. The number of hydrogen-bond acceptors (Lipinski definition) is 6. The molecule has 28 heavy (non-hydrogen) atoms. The van der Waals surface area contributed by atoms with E-state index in [1.165, 1.54) is 30.8 Å². The van der Waals surface area contributed by atoms with Gasteiger partial charge in [0.05, 0.1) is 16.6 Å². The number of nitrogens with one attached hydrogen (secondary N) is 2. The van der Waals surface area contributed by atoms with Crippen LogP contribution < -0.4 is 10.0 Å². The summed E-state index contributed by atoms with van der Waals surface area (Å²) in [7, 11) is -3.79. The van der Waals surface area contributed by atoms with Crippen LogP contribution in [0.4, 0.5) is 0 Å². The third-order valence-corrected chi connectivity index (χ3v) is 6.48. The number of rotatable bonds is 5. The molecular weight excluding hydrogens is 420 g/mol. The van der Waals surface area contributed by atoms with Crippen LogP contribution in [0, 0.1) is 0 Å². The van der Waals surface area contributed by atoms with Crippen molar-refractivity contribution in [1.82, 2.24) is 10.0 Å². The molecule has 1 aliphatic heterocycles. The van der Waals surface area contributed by atoms with Gasteiger partial charge in [-0.25, -0.2) is 8.42 Å². The molecule has 0 aliphatic carbocycles. The molecule has 146 valence electrons. The van der Waals surface area contributed by atoms with Crippen molar-refractivity contribution in [3.05, 3.63) is 65.2 Å². The third kappa shape index (κ3) is 5.20. The van der Waals surface area contributed by atoms with Gasteiger partial charge in [-0.05, 0) is 36.8 Å². The average Bonchev–Trinajstić information content (AvgIpc) is 2.69. The number of amides is 1. The van der Waals surface area contributed by atoms with E-state index in [0.29, 0.717) is 15.9 Å². The summed E-state index contributed by atoms with van der Waals surface area (Å²) in [5.41, 5.74) is 1.66. The van der Waals surface area contributed by atoms with E-state index in [4.69, 9.17) is 11.6 Å². The van der Waals surface area contributed by atoms with Crippen molar-refractivity contribution < 1.29 is 13.2 Å². The van der Waals surface area contributed by atoms with E-state index in [9.17, 15) is 13.2 Å². The molecule has 0 saturated heterocycles. The molecule has 2 N–H and O–H groups in total. The Morgan fingerprint density at radius 3 is 2.39 bits per heavy atom. The number of hydrogen-bond donors (Lipinski definition) is 2. The molecule has 0 fully saturated rings. The van der Waals surface area contributed by atoms with E-state index in [0.717, 1.165) is 11.3 Å². The number of sulfonamides is 1. The van der Waals surface area contributed by atoms with Gasteiger partial charge in [0.1, 0.15) is 0 Å². The molecule has 2 aromatic rings. The first kappa shape index (κ1) is 20.5. The van der Waals surface area contributed by atoms with Gasteiger partial charge in [0.2, 0.25) is 15.9 Å². The van der Waals surface area contributed by atoms with Crippen molar-refractivity contribution >= 4 is 50.2 Å². The van der Waals surface area contributed by atoms with Gasteiger partial charge in [-0.15, -0.1) is 5.10 Å². The fraction of sp³-hybridized carbons (Fsp3) is 0.167. The summed E-state index contributed by atoms with van der Waals surface area (Å²) < 4.78 is 27.0. The van der Waals surface area contributed by atoms with E-state index in [1.54, 1.807) is 30.3 Å². The first-order chi connectivity index (χ1) is 13.3. The lowest BCUT2D eigenvalue weighted by atomic mass is 10.1. The SMILES string of the molecule is CC(NS(=O)(=O)c1ccccc1)C(=O)NC1=NN=C(c2ccc(Cl)cc2)CS1. The lowest BCUT2D eigenvalue weighted by molar-refractivity contribution is -0.120. The average molecular weight is 437 g/mol. The Hall–Kier alpha value is -2.20. The topological polar surface area (TPSA) is 100.0 Å². The molecule has 1 amide bonds. The molecule has 1 unspecified atom stereocenters. The van der Waals surface area contributed by atoms with Gasteiger partial charge in [0, 0.05) is 10.8 Å². The van der Waals surface area contributed by atoms with Crippen molar-refractivity contribution in [3.63, 3.8) is 0 Å². The Morgan fingerprint density at radius 1 is 1.11 bits per heavy atom. The molecule has 0 saturated carbocycles. The number of halogens is 1. The molecule has 1 atom stereocenters. The van der Waals surface area contributed by atoms with Crippen LogP contribution in [0.1, 0.15) is 12.5 Å². The van der Waals surface area contributed by atoms with Gasteiger partial charge >= 0.3 is 0 Å². The van der Waals surface area contributed by atoms with Crippen molar-refractivity contribution in [1.29, 1.82) is 0 Å². The first-order valence-electron chi connectivity index (χ1n) is 8.27. The van der Waals surface area contributed by atoms with Crippen molar-refractivity contribution in [2.45, 2.75) is 17.9 Å². The number of thioether (sulfide) groups is 1. The van der Waals surface area contributed by atoms with Gasteiger partial charge in [0.15, 0.2) is 5.17 Å². The highest BCUT2D eigenvalue weighted by Crippen LogP contribution is 2.17. The standard InChI is InChI=1S/C18H17ClN4O3S2/c1-12(23-28(25,26)15-5-3-2-4-6-15)17(24)20-18-22-21-16(11-27-18)13-7-9-14(19)10-8-13/h2-10,12,23H,11H2,1H3,(H,20,22,24). The quantitative estimate of drug-likeness (QED) is 0.752. The zero-order valence-electron chi connectivity index (χ0n) is 14.8. The smallest absolute Gasteiger partial charge is 0.243 e. The van der Waals surface area contributed by atoms with Crippen LogP contribution in [0.5, 0.6) is 0 Å². The van der Waals surface area contributed by atoms with Gasteiger partial charge in [-0.2, -0.15) is 9.82 Å². The van der Waals surface area contributed by atoms with E-state index in [2.05, 4.69) is 20.2 Å². The predicted octanol–water partition coefficient (Wildman–Crippen LogP) is 2.63. The first-order valence-corrected chi connectivity index (χ1v) is 11.1. The zero-order valence-corrected chi connectivity index (χ0v) is 17.2. The maximum Gasteiger partial charge on any atom is 0.243 e. The fourth-order valence-electron chi connectivity index (χ4n) is 2.31. The Morgan fingerprint density at radius 2 is 1.79 bits per heavy atom. The van der Waals surface area contributed by atoms with Gasteiger partial charge in [0.25, 0.3) is 0 Å². The second-order valence-electron chi connectivity index (χ2n) is 5.89. The largest absolute Gasteiger partial charge is 0.302 e. The summed E-state index contributed by atoms with van der Waals surface area (Å²) in [5, 5.41) is 11.7. The van der Waals surface area contributed by atoms with Crippen LogP contribution in [0.3, 0.4) is 0 Å². The van der Waals surface area contributed by atoms with Crippen molar-refractivity contribution in [2.24, 2.45) is 10.2 Å². The number of carbonyl (C=O) groups is 1. The molecule has 0 spiro atoms. The Balaban J connectivity index is 1.62.